The van der Waals surface area contributed by atoms with E-state index in [1.54, 1.807) is 12.4 Å². The number of furan rings is 1. The highest BCUT2D eigenvalue weighted by molar-refractivity contribution is 6.29. The van der Waals surface area contributed by atoms with Crippen molar-refractivity contribution < 1.29 is 9.21 Å². The number of hydrogen-bond acceptors (Lipinski definition) is 3. The van der Waals surface area contributed by atoms with Gasteiger partial charge in [0.2, 0.25) is 0 Å². The van der Waals surface area contributed by atoms with Gasteiger partial charge in [0.1, 0.15) is 0 Å². The second-order valence-electron chi connectivity index (χ2n) is 3.15. The fourth-order valence-corrected chi connectivity index (χ4v) is 1.35. The molecule has 4 nitrogen and oxygen atoms in total. The Morgan fingerprint density at radius 3 is 2.94 bits per heavy atom. The predicted molar refractivity (Wildman–Crippen MR) is 59.1 cm³/mol. The molecule has 0 radical (unpaired) electrons. The summed E-state index contributed by atoms with van der Waals surface area (Å²) in [5.74, 6) is -0.0929. The summed E-state index contributed by atoms with van der Waals surface area (Å²) in [6.07, 6.45) is 3.37. The molecular formula is C11H9ClN2O2. The molecule has 0 saturated carbocycles. The predicted octanol–water partition coefficient (Wildman–Crippen LogP) is 2.26. The van der Waals surface area contributed by atoms with Crippen molar-refractivity contribution in [3.8, 4) is 0 Å². The SMILES string of the molecule is O=C(NCc1cccnc1)c1ccc(Cl)o1. The zero-order chi connectivity index (χ0) is 11.4. The Hall–Kier alpha value is -1.81. The number of pyridine rings is 1. The van der Waals surface area contributed by atoms with Gasteiger partial charge in [-0.15, -0.1) is 0 Å². The van der Waals surface area contributed by atoms with E-state index in [0.717, 1.165) is 5.56 Å². The number of rotatable bonds is 3. The Morgan fingerprint density at radius 2 is 2.31 bits per heavy atom. The lowest BCUT2D eigenvalue weighted by atomic mass is 10.3. The van der Waals surface area contributed by atoms with E-state index in [1.165, 1.54) is 12.1 Å². The summed E-state index contributed by atoms with van der Waals surface area (Å²) < 4.78 is 4.97. The number of amides is 1. The van der Waals surface area contributed by atoms with Crippen molar-refractivity contribution in [2.24, 2.45) is 0 Å². The van der Waals surface area contributed by atoms with Crippen LogP contribution in [-0.4, -0.2) is 10.9 Å². The van der Waals surface area contributed by atoms with E-state index in [0.29, 0.717) is 6.54 Å². The van der Waals surface area contributed by atoms with Gasteiger partial charge in [0.05, 0.1) is 0 Å². The van der Waals surface area contributed by atoms with E-state index in [4.69, 9.17) is 16.0 Å². The van der Waals surface area contributed by atoms with Crippen LogP contribution < -0.4 is 5.32 Å². The normalized spacial score (nSPS) is 10.1. The first-order valence-electron chi connectivity index (χ1n) is 4.68. The number of nitrogens with one attached hydrogen (secondary N) is 1. The molecule has 0 atom stereocenters. The van der Waals surface area contributed by atoms with Crippen LogP contribution >= 0.6 is 11.6 Å². The molecule has 0 aliphatic heterocycles. The Bertz CT molecular complexity index is 482. The van der Waals surface area contributed by atoms with Crippen LogP contribution in [0.2, 0.25) is 5.22 Å². The molecule has 2 aromatic heterocycles. The molecule has 0 fully saturated rings. The zero-order valence-electron chi connectivity index (χ0n) is 8.31. The standard InChI is InChI=1S/C11H9ClN2O2/c12-10-4-3-9(16-10)11(15)14-7-8-2-1-5-13-6-8/h1-6H,7H2,(H,14,15). The fraction of sp³-hybridized carbons (Fsp3) is 0.0909. The molecule has 2 rings (SSSR count). The Balaban J connectivity index is 1.94. The van der Waals surface area contributed by atoms with Crippen LogP contribution in [-0.2, 0) is 6.54 Å². The van der Waals surface area contributed by atoms with Gasteiger partial charge < -0.3 is 9.73 Å². The minimum absolute atomic E-state index is 0.200. The molecule has 2 aromatic rings. The number of aromatic nitrogens is 1. The van der Waals surface area contributed by atoms with Crippen molar-refractivity contribution in [3.05, 3.63) is 53.2 Å². The number of halogens is 1. The second kappa shape index (κ2) is 4.81. The van der Waals surface area contributed by atoms with Crippen LogP contribution in [0.5, 0.6) is 0 Å². The van der Waals surface area contributed by atoms with Crippen molar-refractivity contribution >= 4 is 17.5 Å². The topological polar surface area (TPSA) is 55.1 Å². The molecule has 0 aromatic carbocycles. The average Bonchev–Trinajstić information content (AvgIpc) is 2.74. The fourth-order valence-electron chi connectivity index (χ4n) is 1.21. The smallest absolute Gasteiger partial charge is 0.287 e. The minimum atomic E-state index is -0.296. The Morgan fingerprint density at radius 1 is 1.44 bits per heavy atom. The maximum atomic E-state index is 11.5. The summed E-state index contributed by atoms with van der Waals surface area (Å²) in [6.45, 7) is 0.408. The van der Waals surface area contributed by atoms with Gasteiger partial charge in [0, 0.05) is 18.9 Å². The quantitative estimate of drug-likeness (QED) is 0.889. The van der Waals surface area contributed by atoms with E-state index >= 15 is 0 Å². The minimum Gasteiger partial charge on any atom is -0.440 e. The molecule has 5 heteroatoms. The maximum Gasteiger partial charge on any atom is 0.287 e. The van der Waals surface area contributed by atoms with Gasteiger partial charge in [-0.05, 0) is 35.4 Å². The molecule has 1 amide bonds. The molecule has 16 heavy (non-hydrogen) atoms. The van der Waals surface area contributed by atoms with E-state index in [9.17, 15) is 4.79 Å². The number of carbonyl (C=O) groups excluding carboxylic acids is 1. The molecule has 0 spiro atoms. The van der Waals surface area contributed by atoms with Gasteiger partial charge >= 0.3 is 0 Å². The summed E-state index contributed by atoms with van der Waals surface area (Å²) in [5, 5.41) is 2.90. The molecule has 0 bridgehead atoms. The van der Waals surface area contributed by atoms with Gasteiger partial charge in [-0.3, -0.25) is 9.78 Å². The first-order valence-corrected chi connectivity index (χ1v) is 5.06. The highest BCUT2D eigenvalue weighted by Crippen LogP contribution is 2.12. The lowest BCUT2D eigenvalue weighted by molar-refractivity contribution is 0.0923. The van der Waals surface area contributed by atoms with Crippen LogP contribution in [0.15, 0.2) is 41.1 Å². The van der Waals surface area contributed by atoms with E-state index in [2.05, 4.69) is 10.3 Å². The zero-order valence-corrected chi connectivity index (χ0v) is 9.07. The highest BCUT2D eigenvalue weighted by Gasteiger charge is 2.09. The third-order valence-corrected chi connectivity index (χ3v) is 2.18. The molecule has 0 aliphatic carbocycles. The van der Waals surface area contributed by atoms with Crippen molar-refractivity contribution in [2.45, 2.75) is 6.54 Å². The van der Waals surface area contributed by atoms with Crippen LogP contribution in [0.3, 0.4) is 0 Å². The molecule has 0 saturated heterocycles. The van der Waals surface area contributed by atoms with Crippen LogP contribution in [0.25, 0.3) is 0 Å². The summed E-state index contributed by atoms with van der Waals surface area (Å²) in [6, 6.07) is 6.75. The molecule has 2 heterocycles. The first kappa shape index (κ1) is 10.7. The molecule has 0 aliphatic rings. The maximum absolute atomic E-state index is 11.5. The molecular weight excluding hydrogens is 228 g/mol. The summed E-state index contributed by atoms with van der Waals surface area (Å²) in [7, 11) is 0. The Labute approximate surface area is 97.2 Å². The lowest BCUT2D eigenvalue weighted by Crippen LogP contribution is -2.22. The van der Waals surface area contributed by atoms with E-state index in [-0.39, 0.29) is 16.9 Å². The van der Waals surface area contributed by atoms with Crippen molar-refractivity contribution in [1.29, 1.82) is 0 Å². The summed E-state index contributed by atoms with van der Waals surface area (Å²) in [5.41, 5.74) is 0.925. The third kappa shape index (κ3) is 2.61. The van der Waals surface area contributed by atoms with Gasteiger partial charge in [0.15, 0.2) is 11.0 Å². The van der Waals surface area contributed by atoms with E-state index < -0.39 is 0 Å². The van der Waals surface area contributed by atoms with Crippen molar-refractivity contribution in [1.82, 2.24) is 10.3 Å². The van der Waals surface area contributed by atoms with Gasteiger partial charge in [-0.25, -0.2) is 0 Å². The van der Waals surface area contributed by atoms with Crippen LogP contribution in [0.4, 0.5) is 0 Å². The lowest BCUT2D eigenvalue weighted by Gasteiger charge is -2.02. The summed E-state index contributed by atoms with van der Waals surface area (Å²) >= 11 is 5.56. The van der Waals surface area contributed by atoms with Crippen LogP contribution in [0.1, 0.15) is 16.1 Å². The number of carbonyl (C=O) groups is 1. The first-order chi connectivity index (χ1) is 7.75. The van der Waals surface area contributed by atoms with Crippen LogP contribution in [0, 0.1) is 0 Å². The van der Waals surface area contributed by atoms with Gasteiger partial charge in [-0.1, -0.05) is 6.07 Å². The Kier molecular flexibility index (Phi) is 3.22. The second-order valence-corrected chi connectivity index (χ2v) is 3.52. The monoisotopic (exact) mass is 236 g/mol. The number of nitrogens with zero attached hydrogens (tertiary/aromatic N) is 1. The summed E-state index contributed by atoms with van der Waals surface area (Å²) in [4.78, 5) is 15.5. The van der Waals surface area contributed by atoms with Gasteiger partial charge in [-0.2, -0.15) is 0 Å². The van der Waals surface area contributed by atoms with Crippen molar-refractivity contribution in [2.75, 3.05) is 0 Å². The third-order valence-electron chi connectivity index (χ3n) is 1.97. The molecule has 82 valence electrons. The molecule has 1 N–H and O–H groups in total. The molecule has 0 unspecified atom stereocenters. The van der Waals surface area contributed by atoms with E-state index in [1.807, 2.05) is 12.1 Å². The average molecular weight is 237 g/mol. The van der Waals surface area contributed by atoms with Gasteiger partial charge in [0.25, 0.3) is 5.91 Å². The number of hydrogen-bond donors (Lipinski definition) is 1. The highest BCUT2D eigenvalue weighted by atomic mass is 35.5. The largest absolute Gasteiger partial charge is 0.440 e. The van der Waals surface area contributed by atoms with Crippen molar-refractivity contribution in [3.63, 3.8) is 0 Å².